The first-order valence-corrected chi connectivity index (χ1v) is 20.9. The lowest BCUT2D eigenvalue weighted by Gasteiger charge is -2.36. The van der Waals surface area contributed by atoms with Gasteiger partial charge in [-0.1, -0.05) is 46.4 Å². The average Bonchev–Trinajstić information content (AvgIpc) is 3.85. The second kappa shape index (κ2) is 19.1. The fourth-order valence-electron chi connectivity index (χ4n) is 6.67. The molecule has 7 rings (SSSR count). The summed E-state index contributed by atoms with van der Waals surface area (Å²) < 4.78 is 44.6. The molecule has 2 amide bonds. The summed E-state index contributed by atoms with van der Waals surface area (Å²) in [7, 11) is 2.98. The lowest BCUT2D eigenvalue weighted by atomic mass is 10.2. The van der Waals surface area contributed by atoms with Gasteiger partial charge in [-0.25, -0.2) is 13.5 Å². The van der Waals surface area contributed by atoms with Crippen LogP contribution in [0.15, 0.2) is 36.5 Å². The first kappa shape index (κ1) is 44.5. The standard InChI is InChI=1S/C21H23Cl2FN6O2.C17H18Cl2FIN4O2/c1-13-4-5-29(25-13)21-20(23)14(2)30(26-21)12-19(31)28-8-6-27(7-9-28)17-11-18(32-3)15(22)10-16(17)24;1-10-16(19)17(21)22-25(10)9-15(26)24-5-3-23(4-6-24)13-8-14(27-2)11(18)7-12(13)20/h4-5,10-11H,6-9,12H2,1-3H3;7-8H,3-6,9H2,1-2H3. The fourth-order valence-corrected chi connectivity index (χ4v) is 8.13. The Morgan fingerprint density at radius 2 is 1.12 bits per heavy atom. The third kappa shape index (κ3) is 9.96. The molecule has 0 unspecified atom stereocenters. The van der Waals surface area contributed by atoms with Crippen LogP contribution in [0, 0.1) is 36.1 Å². The summed E-state index contributed by atoms with van der Waals surface area (Å²) in [5, 5.41) is 14.6. The minimum atomic E-state index is -0.418. The van der Waals surface area contributed by atoms with Crippen molar-refractivity contribution >= 4 is 92.2 Å². The maximum atomic E-state index is 14.4. The zero-order chi connectivity index (χ0) is 42.7. The Morgan fingerprint density at radius 3 is 1.51 bits per heavy atom. The van der Waals surface area contributed by atoms with E-state index >= 15 is 0 Å². The summed E-state index contributed by atoms with van der Waals surface area (Å²) in [6.07, 6.45) is 1.78. The maximum absolute atomic E-state index is 14.4. The summed E-state index contributed by atoms with van der Waals surface area (Å²) >= 11 is 26.5. The number of amides is 2. The summed E-state index contributed by atoms with van der Waals surface area (Å²) in [6, 6.07) is 7.53. The van der Waals surface area contributed by atoms with E-state index in [1.54, 1.807) is 42.2 Å². The smallest absolute Gasteiger partial charge is 0.244 e. The van der Waals surface area contributed by atoms with Gasteiger partial charge in [-0.2, -0.15) is 15.3 Å². The van der Waals surface area contributed by atoms with Crippen LogP contribution in [-0.4, -0.2) is 118 Å². The number of ether oxygens (including phenoxy) is 2. The Balaban J connectivity index is 0.000000201. The van der Waals surface area contributed by atoms with Gasteiger partial charge in [0.25, 0.3) is 0 Å². The predicted molar refractivity (Wildman–Crippen MR) is 232 cm³/mol. The highest BCUT2D eigenvalue weighted by atomic mass is 127. The van der Waals surface area contributed by atoms with Crippen molar-refractivity contribution in [2.45, 2.75) is 33.9 Å². The van der Waals surface area contributed by atoms with E-state index in [4.69, 9.17) is 55.9 Å². The van der Waals surface area contributed by atoms with Gasteiger partial charge in [0.15, 0.2) is 5.82 Å². The molecule has 0 bridgehead atoms. The van der Waals surface area contributed by atoms with Crippen molar-refractivity contribution in [1.82, 2.24) is 39.1 Å². The second-order valence-electron chi connectivity index (χ2n) is 13.7. The van der Waals surface area contributed by atoms with E-state index in [-0.39, 0.29) is 34.9 Å². The van der Waals surface area contributed by atoms with E-state index < -0.39 is 11.6 Å². The van der Waals surface area contributed by atoms with E-state index in [0.717, 1.165) is 11.4 Å². The van der Waals surface area contributed by atoms with Crippen molar-refractivity contribution in [2.24, 2.45) is 0 Å². The van der Waals surface area contributed by atoms with Gasteiger partial charge < -0.3 is 29.1 Å². The highest BCUT2D eigenvalue weighted by Crippen LogP contribution is 2.34. The number of methoxy groups -OCH3 is 2. The number of benzene rings is 2. The molecule has 2 aromatic carbocycles. The number of carbonyl (C=O) groups excluding carboxylic acids is 2. The van der Waals surface area contributed by atoms with Crippen molar-refractivity contribution in [2.75, 3.05) is 76.4 Å². The van der Waals surface area contributed by atoms with Crippen molar-refractivity contribution in [3.8, 4) is 17.3 Å². The first-order valence-electron chi connectivity index (χ1n) is 18.4. The molecule has 0 radical (unpaired) electrons. The maximum Gasteiger partial charge on any atom is 0.244 e. The van der Waals surface area contributed by atoms with E-state index in [2.05, 4.69) is 15.3 Å². The number of hydrogen-bond acceptors (Lipinski definition) is 9. The quantitative estimate of drug-likeness (QED) is 0.143. The van der Waals surface area contributed by atoms with Crippen molar-refractivity contribution in [3.05, 3.63) is 89.0 Å². The average molecular weight is 1010 g/mol. The highest BCUT2D eigenvalue weighted by molar-refractivity contribution is 14.1. The molecule has 3 aromatic heterocycles. The Bertz CT molecular complexity index is 2340. The number of hydrogen-bond donors (Lipinski definition) is 0. The third-order valence-electron chi connectivity index (χ3n) is 10.1. The molecule has 2 fully saturated rings. The topological polar surface area (TPSA) is 119 Å². The minimum absolute atomic E-state index is 0.0394. The van der Waals surface area contributed by atoms with Crippen molar-refractivity contribution < 1.29 is 27.8 Å². The van der Waals surface area contributed by atoms with Crippen LogP contribution in [-0.2, 0) is 22.7 Å². The van der Waals surface area contributed by atoms with Crippen LogP contribution in [0.3, 0.4) is 0 Å². The molecule has 0 spiro atoms. The van der Waals surface area contributed by atoms with Crippen LogP contribution in [0.4, 0.5) is 20.2 Å². The van der Waals surface area contributed by atoms with Gasteiger partial charge in [0, 0.05) is 70.7 Å². The number of carbonyl (C=O) groups is 2. The van der Waals surface area contributed by atoms with Crippen LogP contribution in [0.2, 0.25) is 20.1 Å². The number of halogens is 7. The van der Waals surface area contributed by atoms with Crippen LogP contribution in [0.25, 0.3) is 5.82 Å². The van der Waals surface area contributed by atoms with Gasteiger partial charge in [0.2, 0.25) is 11.8 Å². The molecule has 59 heavy (non-hydrogen) atoms. The zero-order valence-corrected chi connectivity index (χ0v) is 38.0. The summed E-state index contributed by atoms with van der Waals surface area (Å²) in [5.41, 5.74) is 3.14. The molecule has 21 heteroatoms. The number of anilines is 2. The SMILES string of the molecule is COc1cc(N2CCN(C(=O)Cn3nc(-n4ccc(C)n4)c(Cl)c3C)CC2)c(F)cc1Cl.COc1cc(N2CCN(C(=O)Cn3nc(I)c(Cl)c3C)CC2)c(F)cc1Cl. The monoisotopic (exact) mass is 1010 g/mol. The van der Waals surface area contributed by atoms with Crippen LogP contribution in [0.1, 0.15) is 17.1 Å². The number of rotatable bonds is 9. The normalized spacial score (nSPS) is 14.4. The Hall–Kier alpha value is -4.04. The molecule has 0 N–H and O–H groups in total. The lowest BCUT2D eigenvalue weighted by Crippen LogP contribution is -2.50. The molecule has 5 heterocycles. The molecule has 14 nitrogen and oxygen atoms in total. The highest BCUT2D eigenvalue weighted by Gasteiger charge is 2.27. The van der Waals surface area contributed by atoms with E-state index in [1.807, 2.05) is 59.2 Å². The van der Waals surface area contributed by atoms with Crippen molar-refractivity contribution in [3.63, 3.8) is 0 Å². The van der Waals surface area contributed by atoms with E-state index in [1.165, 1.54) is 26.4 Å². The summed E-state index contributed by atoms with van der Waals surface area (Å²) in [4.78, 5) is 32.8. The number of aryl methyl sites for hydroxylation is 1. The van der Waals surface area contributed by atoms with Crippen LogP contribution >= 0.6 is 69.0 Å². The molecular weight excluding hydrogens is 967 g/mol. The van der Waals surface area contributed by atoms with E-state index in [0.29, 0.717) is 100 Å². The molecule has 2 aliphatic heterocycles. The molecule has 316 valence electrons. The molecule has 0 atom stereocenters. The Morgan fingerprint density at radius 1 is 0.678 bits per heavy atom. The van der Waals surface area contributed by atoms with Gasteiger partial charge in [-0.15, -0.1) is 0 Å². The number of piperazine rings is 2. The Labute approximate surface area is 373 Å². The summed E-state index contributed by atoms with van der Waals surface area (Å²) in [6.45, 7) is 9.65. The van der Waals surface area contributed by atoms with Gasteiger partial charge in [-0.3, -0.25) is 19.0 Å². The lowest BCUT2D eigenvalue weighted by molar-refractivity contribution is -0.133. The molecule has 5 aromatic rings. The van der Waals surface area contributed by atoms with Gasteiger partial charge in [0.1, 0.15) is 44.9 Å². The van der Waals surface area contributed by atoms with Gasteiger partial charge in [-0.05, 0) is 61.6 Å². The fraction of sp³-hybridized carbons (Fsp3) is 0.395. The van der Waals surface area contributed by atoms with Crippen LogP contribution in [0.5, 0.6) is 11.5 Å². The molecule has 2 aliphatic rings. The third-order valence-corrected chi connectivity index (χ3v) is 12.7. The number of aromatic nitrogens is 6. The largest absolute Gasteiger partial charge is 0.495 e. The summed E-state index contributed by atoms with van der Waals surface area (Å²) in [5.74, 6) is 0.382. The Kier molecular flexibility index (Phi) is 14.4. The predicted octanol–water partition coefficient (Wildman–Crippen LogP) is 7.09. The number of nitrogens with zero attached hydrogens (tertiary/aromatic N) is 10. The van der Waals surface area contributed by atoms with Gasteiger partial charge in [0.05, 0.1) is 57.7 Å². The van der Waals surface area contributed by atoms with Gasteiger partial charge >= 0.3 is 0 Å². The first-order chi connectivity index (χ1) is 28.1. The van der Waals surface area contributed by atoms with Crippen molar-refractivity contribution in [1.29, 1.82) is 0 Å². The molecule has 2 saturated heterocycles. The van der Waals surface area contributed by atoms with E-state index in [9.17, 15) is 18.4 Å². The minimum Gasteiger partial charge on any atom is -0.495 e. The molecule has 0 saturated carbocycles. The van der Waals surface area contributed by atoms with Crippen LogP contribution < -0.4 is 19.3 Å². The second-order valence-corrected chi connectivity index (χ2v) is 16.3. The molecular formula is C38H41Cl4F2IN10O4. The zero-order valence-electron chi connectivity index (χ0n) is 32.8. The molecule has 0 aliphatic carbocycles.